The van der Waals surface area contributed by atoms with E-state index in [1.54, 1.807) is 0 Å². The number of carbonyl (C=O) groups is 1. The van der Waals surface area contributed by atoms with Crippen molar-refractivity contribution in [2.75, 3.05) is 11.9 Å². The van der Waals surface area contributed by atoms with Gasteiger partial charge in [0.2, 0.25) is 5.91 Å². The molecule has 0 aromatic carbocycles. The first-order chi connectivity index (χ1) is 8.44. The SMILES string of the molecule is O=C(Nc1nc(CC(F)(F)F)cs1)C1CCCN1. The van der Waals surface area contributed by atoms with Crippen molar-refractivity contribution in [1.29, 1.82) is 0 Å². The van der Waals surface area contributed by atoms with E-state index in [2.05, 4.69) is 15.6 Å². The van der Waals surface area contributed by atoms with Crippen molar-refractivity contribution in [2.24, 2.45) is 0 Å². The van der Waals surface area contributed by atoms with Crippen LogP contribution in [0.15, 0.2) is 5.38 Å². The van der Waals surface area contributed by atoms with Crippen LogP contribution in [0.4, 0.5) is 18.3 Å². The van der Waals surface area contributed by atoms with Gasteiger partial charge in [-0.3, -0.25) is 4.79 Å². The molecule has 1 unspecified atom stereocenters. The molecule has 1 fully saturated rings. The predicted molar refractivity (Wildman–Crippen MR) is 61.5 cm³/mol. The monoisotopic (exact) mass is 279 g/mol. The van der Waals surface area contributed by atoms with Crippen molar-refractivity contribution >= 4 is 22.4 Å². The molecule has 18 heavy (non-hydrogen) atoms. The van der Waals surface area contributed by atoms with Gasteiger partial charge in [0, 0.05) is 5.38 Å². The maximum absolute atomic E-state index is 12.1. The van der Waals surface area contributed by atoms with Gasteiger partial charge in [-0.15, -0.1) is 11.3 Å². The summed E-state index contributed by atoms with van der Waals surface area (Å²) in [5.41, 5.74) is -0.0674. The lowest BCUT2D eigenvalue weighted by Crippen LogP contribution is -2.35. The minimum atomic E-state index is -4.28. The molecule has 1 aliphatic heterocycles. The number of alkyl halides is 3. The van der Waals surface area contributed by atoms with E-state index in [1.165, 1.54) is 5.38 Å². The topological polar surface area (TPSA) is 54.0 Å². The molecule has 1 atom stereocenters. The lowest BCUT2D eigenvalue weighted by molar-refractivity contribution is -0.127. The number of anilines is 1. The minimum absolute atomic E-state index is 0.0674. The van der Waals surface area contributed by atoms with Gasteiger partial charge in [0.15, 0.2) is 5.13 Å². The van der Waals surface area contributed by atoms with Crippen LogP contribution < -0.4 is 10.6 Å². The summed E-state index contributed by atoms with van der Waals surface area (Å²) in [6.07, 6.45) is -3.68. The molecular formula is C10H12F3N3OS. The van der Waals surface area contributed by atoms with Gasteiger partial charge in [0.25, 0.3) is 0 Å². The first-order valence-electron chi connectivity index (χ1n) is 5.49. The molecule has 100 valence electrons. The average Bonchev–Trinajstić information content (AvgIpc) is 2.86. The van der Waals surface area contributed by atoms with Gasteiger partial charge in [0.05, 0.1) is 18.2 Å². The Labute approximate surface area is 106 Å². The van der Waals surface area contributed by atoms with Crippen LogP contribution in [0.25, 0.3) is 0 Å². The standard InChI is InChI=1S/C10H12F3N3OS/c11-10(12,13)4-6-5-18-9(15-6)16-8(17)7-2-1-3-14-7/h5,7,14H,1-4H2,(H,15,16,17). The van der Waals surface area contributed by atoms with Gasteiger partial charge >= 0.3 is 6.18 Å². The summed E-state index contributed by atoms with van der Waals surface area (Å²) in [5, 5.41) is 7.06. The van der Waals surface area contributed by atoms with E-state index in [4.69, 9.17) is 0 Å². The number of hydrogen-bond donors (Lipinski definition) is 2. The first kappa shape index (κ1) is 13.3. The number of aromatic nitrogens is 1. The van der Waals surface area contributed by atoms with Gasteiger partial charge in [-0.1, -0.05) is 0 Å². The van der Waals surface area contributed by atoms with Crippen molar-refractivity contribution in [3.8, 4) is 0 Å². The molecule has 0 saturated carbocycles. The second-order valence-corrected chi connectivity index (χ2v) is 4.93. The van der Waals surface area contributed by atoms with E-state index in [-0.39, 0.29) is 22.8 Å². The average molecular weight is 279 g/mol. The maximum Gasteiger partial charge on any atom is 0.394 e. The number of nitrogens with one attached hydrogen (secondary N) is 2. The Morgan fingerprint density at radius 3 is 3.00 bits per heavy atom. The summed E-state index contributed by atoms with van der Waals surface area (Å²) in [6.45, 7) is 0.787. The molecule has 1 saturated heterocycles. The van der Waals surface area contributed by atoms with Crippen molar-refractivity contribution in [3.05, 3.63) is 11.1 Å². The highest BCUT2D eigenvalue weighted by atomic mass is 32.1. The largest absolute Gasteiger partial charge is 0.394 e. The maximum atomic E-state index is 12.1. The highest BCUT2D eigenvalue weighted by Gasteiger charge is 2.29. The number of carbonyl (C=O) groups excluding carboxylic acids is 1. The molecule has 4 nitrogen and oxygen atoms in total. The number of hydrogen-bond acceptors (Lipinski definition) is 4. The van der Waals surface area contributed by atoms with E-state index in [9.17, 15) is 18.0 Å². The molecule has 0 spiro atoms. The van der Waals surface area contributed by atoms with Gasteiger partial charge in [-0.2, -0.15) is 13.2 Å². The Bertz CT molecular complexity index is 426. The zero-order valence-corrected chi connectivity index (χ0v) is 10.2. The fourth-order valence-electron chi connectivity index (χ4n) is 1.75. The van der Waals surface area contributed by atoms with Crippen LogP contribution in [0.3, 0.4) is 0 Å². The van der Waals surface area contributed by atoms with Crippen LogP contribution in [-0.2, 0) is 11.2 Å². The molecule has 2 heterocycles. The molecule has 1 amide bonds. The summed E-state index contributed by atoms with van der Waals surface area (Å²) in [5.74, 6) is -0.236. The highest BCUT2D eigenvalue weighted by Crippen LogP contribution is 2.24. The van der Waals surface area contributed by atoms with Crippen LogP contribution in [0.5, 0.6) is 0 Å². The van der Waals surface area contributed by atoms with Crippen LogP contribution in [-0.4, -0.2) is 29.7 Å². The molecule has 0 radical (unpaired) electrons. The molecule has 1 aliphatic rings. The Morgan fingerprint density at radius 1 is 1.61 bits per heavy atom. The van der Waals surface area contributed by atoms with Gasteiger partial charge in [-0.05, 0) is 19.4 Å². The minimum Gasteiger partial charge on any atom is -0.306 e. The quantitative estimate of drug-likeness (QED) is 0.889. The third-order valence-corrected chi connectivity index (χ3v) is 3.35. The van der Waals surface area contributed by atoms with Crippen molar-refractivity contribution in [3.63, 3.8) is 0 Å². The summed E-state index contributed by atoms with van der Waals surface area (Å²) in [7, 11) is 0. The van der Waals surface area contributed by atoms with Crippen molar-refractivity contribution in [2.45, 2.75) is 31.5 Å². The van der Waals surface area contributed by atoms with E-state index < -0.39 is 12.6 Å². The van der Waals surface area contributed by atoms with Gasteiger partial charge < -0.3 is 10.6 Å². The second-order valence-electron chi connectivity index (χ2n) is 4.07. The molecule has 8 heteroatoms. The normalized spacial score (nSPS) is 20.1. The fourth-order valence-corrected chi connectivity index (χ4v) is 2.46. The number of nitrogens with zero attached hydrogens (tertiary/aromatic N) is 1. The highest BCUT2D eigenvalue weighted by molar-refractivity contribution is 7.13. The Kier molecular flexibility index (Phi) is 3.86. The summed E-state index contributed by atoms with van der Waals surface area (Å²) < 4.78 is 36.4. The fraction of sp³-hybridized carbons (Fsp3) is 0.600. The number of thiazole rings is 1. The summed E-state index contributed by atoms with van der Waals surface area (Å²) in [6, 6.07) is -0.264. The van der Waals surface area contributed by atoms with E-state index in [0.717, 1.165) is 30.7 Å². The van der Waals surface area contributed by atoms with E-state index >= 15 is 0 Å². The van der Waals surface area contributed by atoms with Crippen LogP contribution in [0, 0.1) is 0 Å². The third kappa shape index (κ3) is 3.67. The summed E-state index contributed by atoms with van der Waals surface area (Å²) in [4.78, 5) is 15.4. The predicted octanol–water partition coefficient (Wildman–Crippen LogP) is 1.94. The molecule has 0 bridgehead atoms. The lowest BCUT2D eigenvalue weighted by atomic mass is 10.2. The molecular weight excluding hydrogens is 267 g/mol. The van der Waals surface area contributed by atoms with Gasteiger partial charge in [0.1, 0.15) is 0 Å². The molecule has 0 aliphatic carbocycles. The van der Waals surface area contributed by atoms with Crippen LogP contribution in [0.2, 0.25) is 0 Å². The first-order valence-corrected chi connectivity index (χ1v) is 6.37. The second kappa shape index (κ2) is 5.23. The Morgan fingerprint density at radius 2 is 2.39 bits per heavy atom. The summed E-state index contributed by atoms with van der Waals surface area (Å²) >= 11 is 1.01. The Balaban J connectivity index is 1.92. The van der Waals surface area contributed by atoms with Crippen molar-refractivity contribution in [1.82, 2.24) is 10.3 Å². The smallest absolute Gasteiger partial charge is 0.306 e. The van der Waals surface area contributed by atoms with E-state index in [1.807, 2.05) is 0 Å². The number of halogens is 3. The molecule has 1 aromatic rings. The third-order valence-electron chi connectivity index (χ3n) is 2.54. The molecule has 1 aromatic heterocycles. The lowest BCUT2D eigenvalue weighted by Gasteiger charge is -2.08. The Hall–Kier alpha value is -1.15. The molecule has 2 rings (SSSR count). The van der Waals surface area contributed by atoms with E-state index in [0.29, 0.717) is 0 Å². The number of amides is 1. The molecule has 2 N–H and O–H groups in total. The van der Waals surface area contributed by atoms with Crippen LogP contribution >= 0.6 is 11.3 Å². The number of rotatable bonds is 3. The zero-order chi connectivity index (χ0) is 13.2. The van der Waals surface area contributed by atoms with Crippen LogP contribution in [0.1, 0.15) is 18.5 Å². The van der Waals surface area contributed by atoms with Crippen molar-refractivity contribution < 1.29 is 18.0 Å². The van der Waals surface area contributed by atoms with Gasteiger partial charge in [-0.25, -0.2) is 4.98 Å². The zero-order valence-electron chi connectivity index (χ0n) is 9.38.